The zero-order valence-corrected chi connectivity index (χ0v) is 21.0. The van der Waals surface area contributed by atoms with Gasteiger partial charge in [0.15, 0.2) is 5.82 Å². The van der Waals surface area contributed by atoms with Crippen molar-refractivity contribution in [3.05, 3.63) is 73.9 Å². The second kappa shape index (κ2) is 10.3. The molecule has 0 radical (unpaired) electrons. The third-order valence-electron chi connectivity index (χ3n) is 6.81. The number of aromatic nitrogens is 5. The van der Waals surface area contributed by atoms with E-state index in [1.165, 1.54) is 16.8 Å². The van der Waals surface area contributed by atoms with E-state index >= 15 is 0 Å². The lowest BCUT2D eigenvalue weighted by Crippen LogP contribution is -2.33. The minimum Gasteiger partial charge on any atom is -0.382 e. The summed E-state index contributed by atoms with van der Waals surface area (Å²) < 4.78 is 56.7. The molecule has 0 unspecified atom stereocenters. The molecule has 2 atom stereocenters. The van der Waals surface area contributed by atoms with Gasteiger partial charge in [0.1, 0.15) is 22.2 Å². The molecule has 3 heterocycles. The fourth-order valence-electron chi connectivity index (χ4n) is 5.01. The van der Waals surface area contributed by atoms with Gasteiger partial charge in [-0.15, -0.1) is 0 Å². The molecule has 4 N–H and O–H groups in total. The van der Waals surface area contributed by atoms with Gasteiger partial charge in [0.05, 0.1) is 29.0 Å². The van der Waals surface area contributed by atoms with Crippen molar-refractivity contribution in [2.24, 2.45) is 5.92 Å². The number of anilines is 2. The Morgan fingerprint density at radius 2 is 2.00 bits per heavy atom. The van der Waals surface area contributed by atoms with Gasteiger partial charge in [-0.3, -0.25) is 9.59 Å². The molecule has 39 heavy (non-hydrogen) atoms. The van der Waals surface area contributed by atoms with E-state index in [1.807, 2.05) is 5.10 Å². The third-order valence-corrected chi connectivity index (χ3v) is 7.10. The molecular weight excluding hydrogens is 542 g/mol. The number of hydrogen-bond donors (Lipinski definition) is 3. The van der Waals surface area contributed by atoms with E-state index in [4.69, 9.17) is 17.3 Å². The van der Waals surface area contributed by atoms with Crippen molar-refractivity contribution < 1.29 is 17.6 Å². The van der Waals surface area contributed by atoms with Crippen LogP contribution in [0.5, 0.6) is 0 Å². The van der Waals surface area contributed by atoms with Crippen LogP contribution in [-0.2, 0) is 12.7 Å². The summed E-state index contributed by atoms with van der Waals surface area (Å²) in [6.07, 6.45) is 1.51. The number of nitrogen functional groups attached to an aromatic ring is 1. The summed E-state index contributed by atoms with van der Waals surface area (Å²) in [6.45, 7) is 0.299. The molecule has 204 valence electrons. The second-order valence-corrected chi connectivity index (χ2v) is 9.89. The monoisotopic (exact) mass is 563 g/mol. The first-order chi connectivity index (χ1) is 18.5. The van der Waals surface area contributed by atoms with Crippen molar-refractivity contribution >= 4 is 33.9 Å². The number of hydrogen-bond acceptors (Lipinski definition) is 7. The summed E-state index contributed by atoms with van der Waals surface area (Å²) in [5.41, 5.74) is 2.36. The van der Waals surface area contributed by atoms with E-state index in [1.54, 1.807) is 12.3 Å². The predicted octanol–water partition coefficient (Wildman–Crippen LogP) is 4.61. The standard InChI is InChI=1S/C25H22ClF4N7O2/c26-17-9-32-22(35-21(17)31)16-7-13-4-5-37(24(39)15(13)8-18(16)27)11-12-2-1-3-14(6-12)34-19-10-33-36-23(38)20(19)25(28,29)30/h4-5,7-10,12,14H,1-3,6,11H2,(H2,31,32,35)(H2,34,36,38)/t12-,14+/m1/s1. The van der Waals surface area contributed by atoms with Crippen LogP contribution in [0.25, 0.3) is 22.2 Å². The quantitative estimate of drug-likeness (QED) is 0.302. The van der Waals surface area contributed by atoms with Crippen molar-refractivity contribution in [2.45, 2.75) is 44.4 Å². The number of nitrogens with zero attached hydrogens (tertiary/aromatic N) is 4. The first-order valence-corrected chi connectivity index (χ1v) is 12.4. The Morgan fingerprint density at radius 3 is 2.74 bits per heavy atom. The van der Waals surface area contributed by atoms with Crippen LogP contribution in [-0.4, -0.2) is 30.8 Å². The maximum absolute atomic E-state index is 15.0. The van der Waals surface area contributed by atoms with Crippen LogP contribution in [0.15, 0.2) is 46.4 Å². The molecule has 1 fully saturated rings. The summed E-state index contributed by atoms with van der Waals surface area (Å²) in [5, 5.41) is 8.92. The van der Waals surface area contributed by atoms with Gasteiger partial charge >= 0.3 is 6.18 Å². The van der Waals surface area contributed by atoms with Crippen LogP contribution < -0.4 is 22.2 Å². The van der Waals surface area contributed by atoms with Gasteiger partial charge in [-0.2, -0.15) is 18.3 Å². The highest BCUT2D eigenvalue weighted by atomic mass is 35.5. The topological polar surface area (TPSA) is 132 Å². The molecule has 1 aliphatic rings. The molecule has 0 saturated heterocycles. The molecule has 1 saturated carbocycles. The van der Waals surface area contributed by atoms with Crippen LogP contribution in [0.2, 0.25) is 5.02 Å². The SMILES string of the molecule is Nc1nc(-c2cc3ccn(C[C@@H]4CCC[C@H](Nc5cn[nH]c(=O)c5C(F)(F)F)C4)c(=O)c3cc2F)ncc1Cl. The minimum absolute atomic E-state index is 0.00168. The summed E-state index contributed by atoms with van der Waals surface area (Å²) in [7, 11) is 0. The molecule has 0 amide bonds. The molecule has 5 rings (SSSR count). The van der Waals surface area contributed by atoms with E-state index in [0.29, 0.717) is 31.2 Å². The van der Waals surface area contributed by atoms with E-state index in [0.717, 1.165) is 18.7 Å². The molecule has 0 spiro atoms. The molecule has 3 aromatic heterocycles. The normalized spacial score (nSPS) is 17.9. The first kappa shape index (κ1) is 26.6. The van der Waals surface area contributed by atoms with Gasteiger partial charge in [-0.25, -0.2) is 19.5 Å². The van der Waals surface area contributed by atoms with E-state index in [9.17, 15) is 27.2 Å². The molecule has 4 aromatic rings. The summed E-state index contributed by atoms with van der Waals surface area (Å²) in [4.78, 5) is 33.0. The Morgan fingerprint density at radius 1 is 1.21 bits per heavy atom. The molecular formula is C25H22ClF4N7O2. The Labute approximate surface area is 223 Å². The summed E-state index contributed by atoms with van der Waals surface area (Å²) >= 11 is 5.85. The highest BCUT2D eigenvalue weighted by Crippen LogP contribution is 2.34. The largest absolute Gasteiger partial charge is 0.423 e. The number of pyridine rings is 1. The number of alkyl halides is 3. The van der Waals surface area contributed by atoms with Gasteiger partial charge in [-0.1, -0.05) is 18.0 Å². The van der Waals surface area contributed by atoms with Gasteiger partial charge in [0.25, 0.3) is 11.1 Å². The van der Waals surface area contributed by atoms with Crippen molar-refractivity contribution in [3.63, 3.8) is 0 Å². The van der Waals surface area contributed by atoms with Gasteiger partial charge in [0.2, 0.25) is 0 Å². The van der Waals surface area contributed by atoms with Gasteiger partial charge < -0.3 is 15.6 Å². The van der Waals surface area contributed by atoms with Crippen LogP contribution in [0.1, 0.15) is 31.2 Å². The molecule has 14 heteroatoms. The highest BCUT2D eigenvalue weighted by Gasteiger charge is 2.38. The zero-order valence-electron chi connectivity index (χ0n) is 20.2. The first-order valence-electron chi connectivity index (χ1n) is 12.0. The van der Waals surface area contributed by atoms with Crippen molar-refractivity contribution in [3.8, 4) is 11.4 Å². The summed E-state index contributed by atoms with van der Waals surface area (Å²) in [6, 6.07) is 3.92. The van der Waals surface area contributed by atoms with Crippen molar-refractivity contribution in [1.82, 2.24) is 24.7 Å². The fraction of sp³-hybridized carbons (Fsp3) is 0.320. The Bertz CT molecular complexity index is 1670. The number of rotatable bonds is 5. The summed E-state index contributed by atoms with van der Waals surface area (Å²) in [5.74, 6) is -0.703. The van der Waals surface area contributed by atoms with Gasteiger partial charge in [0, 0.05) is 18.8 Å². The van der Waals surface area contributed by atoms with Crippen molar-refractivity contribution in [2.75, 3.05) is 11.1 Å². The average molecular weight is 564 g/mol. The lowest BCUT2D eigenvalue weighted by atomic mass is 9.85. The molecule has 0 bridgehead atoms. The number of benzene rings is 1. The number of fused-ring (bicyclic) bond motifs is 1. The second-order valence-electron chi connectivity index (χ2n) is 9.48. The van der Waals surface area contributed by atoms with Gasteiger partial charge in [-0.05, 0) is 48.8 Å². The Balaban J connectivity index is 1.36. The predicted molar refractivity (Wildman–Crippen MR) is 138 cm³/mol. The fourth-order valence-corrected chi connectivity index (χ4v) is 5.10. The van der Waals surface area contributed by atoms with Crippen LogP contribution >= 0.6 is 11.6 Å². The third kappa shape index (κ3) is 5.44. The number of halogens is 5. The smallest absolute Gasteiger partial charge is 0.382 e. The van der Waals surface area contributed by atoms with Crippen LogP contribution in [0.3, 0.4) is 0 Å². The lowest BCUT2D eigenvalue weighted by Gasteiger charge is -2.31. The van der Waals surface area contributed by atoms with E-state index in [2.05, 4.69) is 20.4 Å². The number of aromatic amines is 1. The maximum Gasteiger partial charge on any atom is 0.423 e. The number of nitrogens with one attached hydrogen (secondary N) is 2. The van der Waals surface area contributed by atoms with Crippen LogP contribution in [0, 0.1) is 11.7 Å². The number of nitrogens with two attached hydrogens (primary N) is 1. The highest BCUT2D eigenvalue weighted by molar-refractivity contribution is 6.32. The van der Waals surface area contributed by atoms with E-state index < -0.39 is 28.7 Å². The maximum atomic E-state index is 15.0. The average Bonchev–Trinajstić information content (AvgIpc) is 2.87. The molecule has 1 aliphatic carbocycles. The lowest BCUT2D eigenvalue weighted by molar-refractivity contribution is -0.138. The minimum atomic E-state index is -4.84. The Hall–Kier alpha value is -4.00. The van der Waals surface area contributed by atoms with Crippen LogP contribution in [0.4, 0.5) is 29.1 Å². The van der Waals surface area contributed by atoms with E-state index in [-0.39, 0.29) is 45.3 Å². The molecule has 1 aromatic carbocycles. The Kier molecular flexibility index (Phi) is 7.02. The molecule has 9 nitrogen and oxygen atoms in total. The van der Waals surface area contributed by atoms with Crippen molar-refractivity contribution in [1.29, 1.82) is 0 Å². The zero-order chi connectivity index (χ0) is 27.9. The number of H-pyrrole nitrogens is 1. The molecule has 0 aliphatic heterocycles.